The molecule has 82 valence electrons. The van der Waals surface area contributed by atoms with Crippen LogP contribution in [0.5, 0.6) is 0 Å². The Hall–Kier alpha value is -2.12. The maximum atomic E-state index is 10.7. The molecule has 8 nitrogen and oxygen atoms in total. The van der Waals surface area contributed by atoms with Crippen molar-refractivity contribution in [1.82, 2.24) is 9.78 Å². The van der Waals surface area contributed by atoms with E-state index < -0.39 is 4.92 Å². The van der Waals surface area contributed by atoms with Gasteiger partial charge in [-0.3, -0.25) is 14.8 Å². The molecule has 3 N–H and O–H groups in total. The van der Waals surface area contributed by atoms with Crippen molar-refractivity contribution < 1.29 is 10.1 Å². The number of nitrogens with two attached hydrogens (primary N) is 1. The Morgan fingerprint density at radius 2 is 2.33 bits per heavy atom. The minimum atomic E-state index is -0.500. The molecule has 0 spiro atoms. The Morgan fingerprint density at radius 1 is 1.73 bits per heavy atom. The van der Waals surface area contributed by atoms with Crippen molar-refractivity contribution in [3.05, 3.63) is 21.5 Å². The molecule has 1 heterocycles. The first-order chi connectivity index (χ1) is 6.97. The number of oxime groups is 1. The van der Waals surface area contributed by atoms with Crippen LogP contribution in [0.25, 0.3) is 0 Å². The first kappa shape index (κ1) is 11.0. The molecule has 1 aromatic rings. The number of aryl methyl sites for hydroxylation is 1. The molecule has 0 aliphatic rings. The SMILES string of the molecule is Cc1nn(CC(N)=NO)c(C)c1[N+](=O)[O-]. The molecule has 0 aliphatic heterocycles. The summed E-state index contributed by atoms with van der Waals surface area (Å²) in [5.74, 6) is -0.0597. The van der Waals surface area contributed by atoms with E-state index in [2.05, 4.69) is 10.3 Å². The Labute approximate surface area is 85.1 Å². The Balaban J connectivity index is 3.12. The van der Waals surface area contributed by atoms with E-state index in [9.17, 15) is 10.1 Å². The number of nitrogens with zero attached hydrogens (tertiary/aromatic N) is 4. The van der Waals surface area contributed by atoms with Gasteiger partial charge in [-0.25, -0.2) is 0 Å². The van der Waals surface area contributed by atoms with Gasteiger partial charge >= 0.3 is 5.69 Å². The monoisotopic (exact) mass is 213 g/mol. The number of amidine groups is 1. The zero-order chi connectivity index (χ0) is 11.6. The summed E-state index contributed by atoms with van der Waals surface area (Å²) >= 11 is 0. The normalized spacial score (nSPS) is 11.7. The molecule has 0 saturated heterocycles. The Bertz CT molecular complexity index is 423. The van der Waals surface area contributed by atoms with Gasteiger partial charge in [-0.15, -0.1) is 0 Å². The highest BCUT2D eigenvalue weighted by Crippen LogP contribution is 2.21. The van der Waals surface area contributed by atoms with Gasteiger partial charge in [0.1, 0.15) is 17.9 Å². The third-order valence-electron chi connectivity index (χ3n) is 1.97. The van der Waals surface area contributed by atoms with E-state index in [1.165, 1.54) is 11.6 Å². The zero-order valence-corrected chi connectivity index (χ0v) is 8.34. The minimum Gasteiger partial charge on any atom is -0.409 e. The molecular formula is C7H11N5O3. The van der Waals surface area contributed by atoms with Gasteiger partial charge in [0.05, 0.1) is 4.92 Å². The van der Waals surface area contributed by atoms with Crippen molar-refractivity contribution in [1.29, 1.82) is 0 Å². The second kappa shape index (κ2) is 3.95. The van der Waals surface area contributed by atoms with Crippen molar-refractivity contribution in [3.63, 3.8) is 0 Å². The second-order valence-electron chi connectivity index (χ2n) is 3.03. The smallest absolute Gasteiger partial charge is 0.312 e. The average Bonchev–Trinajstić information content (AvgIpc) is 2.41. The lowest BCUT2D eigenvalue weighted by molar-refractivity contribution is -0.386. The summed E-state index contributed by atoms with van der Waals surface area (Å²) in [4.78, 5) is 10.2. The van der Waals surface area contributed by atoms with Gasteiger partial charge in [-0.2, -0.15) is 5.10 Å². The first-order valence-electron chi connectivity index (χ1n) is 4.12. The van der Waals surface area contributed by atoms with E-state index in [0.29, 0.717) is 11.4 Å². The summed E-state index contributed by atoms with van der Waals surface area (Å²) < 4.78 is 1.32. The number of hydrogen-bond acceptors (Lipinski definition) is 5. The third-order valence-corrected chi connectivity index (χ3v) is 1.97. The summed E-state index contributed by atoms with van der Waals surface area (Å²) in [6, 6.07) is 0. The molecule has 0 saturated carbocycles. The predicted octanol–water partition coefficient (Wildman–Crippen LogP) is 0.155. The number of nitro groups is 1. The van der Waals surface area contributed by atoms with E-state index in [1.807, 2.05) is 0 Å². The van der Waals surface area contributed by atoms with Crippen LogP contribution >= 0.6 is 0 Å². The van der Waals surface area contributed by atoms with Gasteiger partial charge in [-0.05, 0) is 13.8 Å². The molecule has 1 aromatic heterocycles. The fraction of sp³-hybridized carbons (Fsp3) is 0.429. The van der Waals surface area contributed by atoms with Crippen molar-refractivity contribution in [2.75, 3.05) is 0 Å². The van der Waals surface area contributed by atoms with Crippen molar-refractivity contribution in [2.45, 2.75) is 20.4 Å². The Kier molecular flexibility index (Phi) is 2.88. The molecule has 0 aliphatic carbocycles. The van der Waals surface area contributed by atoms with Crippen LogP contribution in [0.2, 0.25) is 0 Å². The van der Waals surface area contributed by atoms with E-state index in [4.69, 9.17) is 10.9 Å². The number of aromatic nitrogens is 2. The topological polar surface area (TPSA) is 120 Å². The van der Waals surface area contributed by atoms with Gasteiger partial charge in [0.15, 0.2) is 5.84 Å². The van der Waals surface area contributed by atoms with Gasteiger partial charge in [0, 0.05) is 0 Å². The molecule has 15 heavy (non-hydrogen) atoms. The molecule has 0 unspecified atom stereocenters. The summed E-state index contributed by atoms with van der Waals surface area (Å²) in [5.41, 5.74) is 5.92. The van der Waals surface area contributed by atoms with Crippen LogP contribution < -0.4 is 5.73 Å². The molecule has 1 rings (SSSR count). The summed E-state index contributed by atoms with van der Waals surface area (Å²) in [6.07, 6.45) is 0. The lowest BCUT2D eigenvalue weighted by Crippen LogP contribution is -2.21. The summed E-state index contributed by atoms with van der Waals surface area (Å²) in [5, 5.41) is 25.7. The van der Waals surface area contributed by atoms with Crippen molar-refractivity contribution >= 4 is 11.5 Å². The first-order valence-corrected chi connectivity index (χ1v) is 4.12. The van der Waals surface area contributed by atoms with E-state index in [-0.39, 0.29) is 18.1 Å². The lowest BCUT2D eigenvalue weighted by atomic mass is 10.3. The summed E-state index contributed by atoms with van der Waals surface area (Å²) in [7, 11) is 0. The molecule has 0 bridgehead atoms. The number of hydrogen-bond donors (Lipinski definition) is 2. The van der Waals surface area contributed by atoms with Crippen LogP contribution in [0, 0.1) is 24.0 Å². The molecule has 0 aromatic carbocycles. The van der Waals surface area contributed by atoms with E-state index in [0.717, 1.165) is 0 Å². The van der Waals surface area contributed by atoms with E-state index in [1.54, 1.807) is 6.92 Å². The summed E-state index contributed by atoms with van der Waals surface area (Å²) in [6.45, 7) is 3.12. The van der Waals surface area contributed by atoms with Crippen LogP contribution in [-0.2, 0) is 6.54 Å². The highest BCUT2D eigenvalue weighted by atomic mass is 16.6. The van der Waals surface area contributed by atoms with Crippen LogP contribution in [0.3, 0.4) is 0 Å². The molecule has 0 fully saturated rings. The van der Waals surface area contributed by atoms with Gasteiger partial charge in [0.25, 0.3) is 0 Å². The molecular weight excluding hydrogens is 202 g/mol. The maximum Gasteiger partial charge on any atom is 0.312 e. The lowest BCUT2D eigenvalue weighted by Gasteiger charge is -2.00. The molecule has 0 radical (unpaired) electrons. The number of rotatable bonds is 3. The largest absolute Gasteiger partial charge is 0.409 e. The van der Waals surface area contributed by atoms with Crippen molar-refractivity contribution in [3.8, 4) is 0 Å². The molecule has 8 heteroatoms. The molecule has 0 atom stereocenters. The van der Waals surface area contributed by atoms with Crippen LogP contribution in [0.15, 0.2) is 5.16 Å². The van der Waals surface area contributed by atoms with Gasteiger partial charge in [0.2, 0.25) is 0 Å². The van der Waals surface area contributed by atoms with E-state index >= 15 is 0 Å². The fourth-order valence-corrected chi connectivity index (χ4v) is 1.29. The van der Waals surface area contributed by atoms with Gasteiger partial charge in [-0.1, -0.05) is 5.16 Å². The minimum absolute atomic E-state index is 0.0248. The average molecular weight is 213 g/mol. The Morgan fingerprint density at radius 3 is 2.73 bits per heavy atom. The van der Waals surface area contributed by atoms with Crippen molar-refractivity contribution in [2.24, 2.45) is 10.9 Å². The fourth-order valence-electron chi connectivity index (χ4n) is 1.29. The zero-order valence-electron chi connectivity index (χ0n) is 8.34. The predicted molar refractivity (Wildman–Crippen MR) is 51.8 cm³/mol. The second-order valence-corrected chi connectivity index (χ2v) is 3.03. The standard InChI is InChI=1S/C7H11N5O3/c1-4-7(12(14)15)5(2)11(9-4)3-6(8)10-13/h13H,3H2,1-2H3,(H2,8,10). The highest BCUT2D eigenvalue weighted by Gasteiger charge is 2.21. The van der Waals surface area contributed by atoms with Crippen LogP contribution in [-0.4, -0.2) is 25.7 Å². The molecule has 0 amide bonds. The third kappa shape index (κ3) is 2.03. The van der Waals surface area contributed by atoms with Gasteiger partial charge < -0.3 is 10.9 Å². The maximum absolute atomic E-state index is 10.7. The van der Waals surface area contributed by atoms with Crippen LogP contribution in [0.4, 0.5) is 5.69 Å². The highest BCUT2D eigenvalue weighted by molar-refractivity contribution is 5.79. The van der Waals surface area contributed by atoms with Crippen LogP contribution in [0.1, 0.15) is 11.4 Å². The quantitative estimate of drug-likeness (QED) is 0.243.